The van der Waals surface area contributed by atoms with E-state index in [4.69, 9.17) is 9.16 Å². The van der Waals surface area contributed by atoms with Crippen molar-refractivity contribution in [2.24, 2.45) is 0 Å². The minimum atomic E-state index is -1.74. The van der Waals surface area contributed by atoms with Gasteiger partial charge >= 0.3 is 9.04 Å². The first-order chi connectivity index (χ1) is 18.7. The fourth-order valence-electron chi connectivity index (χ4n) is 4.84. The van der Waals surface area contributed by atoms with Crippen LogP contribution in [0.15, 0.2) is 55.1 Å². The number of amides is 2. The van der Waals surface area contributed by atoms with Crippen molar-refractivity contribution < 1.29 is 27.5 Å². The second-order valence-electron chi connectivity index (χ2n) is 10.3. The summed E-state index contributed by atoms with van der Waals surface area (Å²) in [6.45, 7) is 9.91. The molecule has 10 heteroatoms. The number of alkyl halides is 1. The Labute approximate surface area is 230 Å². The number of rotatable bonds is 9. The third-order valence-electron chi connectivity index (χ3n) is 7.34. The van der Waals surface area contributed by atoms with E-state index in [1.807, 2.05) is 13.0 Å². The largest absolute Gasteiger partial charge is 0.536 e. The molecule has 0 aliphatic carbocycles. The van der Waals surface area contributed by atoms with E-state index in [2.05, 4.69) is 16.8 Å². The fraction of sp³-hybridized carbons (Fsp3) is 0.448. The zero-order valence-corrected chi connectivity index (χ0v) is 23.6. The van der Waals surface area contributed by atoms with Crippen molar-refractivity contribution in [3.8, 4) is 5.75 Å². The number of hydrogen-bond donors (Lipinski definition) is 1. The highest BCUT2D eigenvalue weighted by Crippen LogP contribution is 2.24. The molecule has 2 heterocycles. The van der Waals surface area contributed by atoms with Gasteiger partial charge in [0.25, 0.3) is 5.91 Å². The number of benzene rings is 2. The summed E-state index contributed by atoms with van der Waals surface area (Å²) in [6, 6.07) is 11.9. The van der Waals surface area contributed by atoms with E-state index in [0.717, 1.165) is 5.19 Å². The maximum atomic E-state index is 14.8. The van der Waals surface area contributed by atoms with Gasteiger partial charge in [-0.3, -0.25) is 14.5 Å². The number of aryl methyl sites for hydroxylation is 1. The number of ether oxygens (including phenoxy) is 1. The number of piperazine rings is 1. The summed E-state index contributed by atoms with van der Waals surface area (Å²) in [6.07, 6.45) is 2.47. The van der Waals surface area contributed by atoms with Crippen molar-refractivity contribution >= 4 is 26.0 Å². The summed E-state index contributed by atoms with van der Waals surface area (Å²) in [7, 11) is -1.74. The predicted octanol–water partition coefficient (Wildman–Crippen LogP) is 2.92. The summed E-state index contributed by atoms with van der Waals surface area (Å²) in [5, 5.41) is 3.49. The Kier molecular flexibility index (Phi) is 9.52. The van der Waals surface area contributed by atoms with E-state index in [0.29, 0.717) is 55.9 Å². The molecule has 7 nitrogen and oxygen atoms in total. The molecule has 209 valence electrons. The van der Waals surface area contributed by atoms with Crippen LogP contribution in [0.4, 0.5) is 8.78 Å². The van der Waals surface area contributed by atoms with E-state index < -0.39 is 14.7 Å². The van der Waals surface area contributed by atoms with Gasteiger partial charge in [-0.2, -0.15) is 0 Å². The first-order valence-electron chi connectivity index (χ1n) is 13.3. The first kappa shape index (κ1) is 28.9. The summed E-state index contributed by atoms with van der Waals surface area (Å²) < 4.78 is 40.9. The zero-order chi connectivity index (χ0) is 28.0. The molecule has 2 fully saturated rings. The Hall–Kier alpha value is -3.08. The standard InChI is InChI=1S/C29H36F2N3O4Si/c1-4-27(35)34-14-13-33(18-22(34)3)20-39(25-10-5-21(2)26(30)17-25)38-24-8-6-23(7-9-24)28(36)32-19-29(31)11-15-37-16-12-29/h4-10,17,22H,1,11-16,18-20H2,2-3H3,(H,32,36)/t22-/m1/s1. The Morgan fingerprint density at radius 1 is 1.21 bits per heavy atom. The van der Waals surface area contributed by atoms with Crippen LogP contribution in [0.2, 0.25) is 0 Å². The van der Waals surface area contributed by atoms with E-state index in [9.17, 15) is 18.4 Å². The molecule has 1 N–H and O–H groups in total. The van der Waals surface area contributed by atoms with Crippen LogP contribution in [-0.2, 0) is 9.53 Å². The molecule has 2 aliphatic heterocycles. The molecule has 39 heavy (non-hydrogen) atoms. The predicted molar refractivity (Wildman–Crippen MR) is 148 cm³/mol. The lowest BCUT2D eigenvalue weighted by molar-refractivity contribution is -0.130. The lowest BCUT2D eigenvalue weighted by atomic mass is 9.96. The fourth-order valence-corrected chi connectivity index (χ4v) is 6.88. The number of hydrogen-bond acceptors (Lipinski definition) is 5. The Bertz CT molecular complexity index is 1170. The average Bonchev–Trinajstić information content (AvgIpc) is 2.93. The van der Waals surface area contributed by atoms with Crippen LogP contribution in [0.1, 0.15) is 35.7 Å². The molecule has 2 amide bonds. The highest BCUT2D eigenvalue weighted by atomic mass is 28.3. The SMILES string of the molecule is C=CC(=O)N1CCN(C[Si](Oc2ccc(C(=O)NCC3(F)CCOCC3)cc2)c2ccc(C)c(F)c2)C[C@H]1C. The van der Waals surface area contributed by atoms with Crippen LogP contribution < -0.4 is 14.9 Å². The van der Waals surface area contributed by atoms with Crippen LogP contribution in [0, 0.1) is 12.7 Å². The zero-order valence-electron chi connectivity index (χ0n) is 22.6. The van der Waals surface area contributed by atoms with Gasteiger partial charge in [0.05, 0.1) is 6.54 Å². The lowest BCUT2D eigenvalue weighted by Crippen LogP contribution is -2.57. The number of nitrogens with zero attached hydrogens (tertiary/aromatic N) is 2. The van der Waals surface area contributed by atoms with Crippen LogP contribution in [0.5, 0.6) is 5.75 Å². The lowest BCUT2D eigenvalue weighted by Gasteiger charge is -2.40. The number of carbonyl (C=O) groups is 2. The van der Waals surface area contributed by atoms with Crippen LogP contribution in [0.25, 0.3) is 0 Å². The Morgan fingerprint density at radius 3 is 2.56 bits per heavy atom. The molecule has 2 aromatic rings. The summed E-state index contributed by atoms with van der Waals surface area (Å²) >= 11 is 0. The summed E-state index contributed by atoms with van der Waals surface area (Å²) in [4.78, 5) is 28.8. The minimum absolute atomic E-state index is 0.0182. The molecule has 2 saturated heterocycles. The molecule has 2 aromatic carbocycles. The monoisotopic (exact) mass is 556 g/mol. The van der Waals surface area contributed by atoms with Crippen LogP contribution in [-0.4, -0.2) is 87.9 Å². The van der Waals surface area contributed by atoms with Gasteiger partial charge in [-0.1, -0.05) is 18.7 Å². The van der Waals surface area contributed by atoms with Crippen molar-refractivity contribution in [1.29, 1.82) is 0 Å². The van der Waals surface area contributed by atoms with Crippen LogP contribution >= 0.6 is 0 Å². The van der Waals surface area contributed by atoms with Crippen molar-refractivity contribution in [3.05, 3.63) is 72.1 Å². The molecule has 0 aromatic heterocycles. The Balaban J connectivity index is 1.43. The third kappa shape index (κ3) is 7.52. The molecule has 2 aliphatic rings. The molecular weight excluding hydrogens is 520 g/mol. The van der Waals surface area contributed by atoms with Gasteiger partial charge in [-0.25, -0.2) is 8.78 Å². The molecule has 4 rings (SSSR count). The van der Waals surface area contributed by atoms with Crippen molar-refractivity contribution in [3.63, 3.8) is 0 Å². The highest BCUT2D eigenvalue weighted by molar-refractivity contribution is 6.68. The van der Waals surface area contributed by atoms with Gasteiger partial charge in [0.2, 0.25) is 5.91 Å². The number of carbonyl (C=O) groups excluding carboxylic acids is 2. The van der Waals surface area contributed by atoms with Gasteiger partial charge in [0, 0.05) is 63.5 Å². The molecule has 0 saturated carbocycles. The van der Waals surface area contributed by atoms with Crippen molar-refractivity contribution in [2.75, 3.05) is 45.6 Å². The third-order valence-corrected chi connectivity index (χ3v) is 9.51. The maximum absolute atomic E-state index is 14.8. The molecule has 1 radical (unpaired) electrons. The number of halogens is 2. The van der Waals surface area contributed by atoms with Gasteiger partial charge in [-0.15, -0.1) is 0 Å². The topological polar surface area (TPSA) is 71.1 Å². The molecular formula is C29H36F2N3O4Si. The minimum Gasteiger partial charge on any atom is -0.536 e. The Morgan fingerprint density at radius 2 is 1.92 bits per heavy atom. The molecule has 1 atom stereocenters. The van der Waals surface area contributed by atoms with Gasteiger partial charge in [-0.05, 0) is 61.0 Å². The smallest absolute Gasteiger partial charge is 0.331 e. The van der Waals surface area contributed by atoms with Gasteiger partial charge in [0.1, 0.15) is 17.2 Å². The maximum Gasteiger partial charge on any atom is 0.331 e. The van der Waals surface area contributed by atoms with E-state index in [1.165, 1.54) is 12.1 Å². The number of nitrogens with one attached hydrogen (secondary N) is 1. The van der Waals surface area contributed by atoms with E-state index in [-0.39, 0.29) is 43.1 Å². The summed E-state index contributed by atoms with van der Waals surface area (Å²) in [5.41, 5.74) is -0.471. The van der Waals surface area contributed by atoms with Gasteiger partial charge < -0.3 is 19.4 Å². The van der Waals surface area contributed by atoms with E-state index in [1.54, 1.807) is 42.2 Å². The summed E-state index contributed by atoms with van der Waals surface area (Å²) in [5.74, 6) is -0.142. The second kappa shape index (κ2) is 12.8. The van der Waals surface area contributed by atoms with E-state index >= 15 is 0 Å². The molecule has 0 bridgehead atoms. The normalized spacial score (nSPS) is 19.5. The highest BCUT2D eigenvalue weighted by Gasteiger charge is 2.33. The first-order valence-corrected chi connectivity index (χ1v) is 14.9. The quantitative estimate of drug-likeness (QED) is 0.380. The van der Waals surface area contributed by atoms with Gasteiger partial charge in [0.15, 0.2) is 0 Å². The van der Waals surface area contributed by atoms with Crippen molar-refractivity contribution in [2.45, 2.75) is 38.4 Å². The second-order valence-corrected chi connectivity index (χ2v) is 12.2. The average molecular weight is 557 g/mol. The molecule has 0 unspecified atom stereocenters. The van der Waals surface area contributed by atoms with Crippen LogP contribution in [0.3, 0.4) is 0 Å². The molecule has 0 spiro atoms. The van der Waals surface area contributed by atoms with Crippen molar-refractivity contribution in [1.82, 2.24) is 15.1 Å².